The fourth-order valence-electron chi connectivity index (χ4n) is 1.73. The highest BCUT2D eigenvalue weighted by Gasteiger charge is 2.34. The summed E-state index contributed by atoms with van der Waals surface area (Å²) in [6.45, 7) is 6.62. The van der Waals surface area contributed by atoms with Gasteiger partial charge < -0.3 is 19.5 Å². The predicted molar refractivity (Wildman–Crippen MR) is 63.7 cm³/mol. The Morgan fingerprint density at radius 3 is 2.38 bits per heavy atom. The molecule has 1 saturated carbocycles. The first kappa shape index (κ1) is 13.9. The summed E-state index contributed by atoms with van der Waals surface area (Å²) >= 11 is 0. The van der Waals surface area contributed by atoms with Crippen LogP contribution in [-0.2, 0) is 14.2 Å². The van der Waals surface area contributed by atoms with E-state index in [2.05, 4.69) is 12.2 Å². The van der Waals surface area contributed by atoms with Crippen LogP contribution in [0.25, 0.3) is 0 Å². The van der Waals surface area contributed by atoms with Gasteiger partial charge in [0.05, 0.1) is 33.0 Å². The Morgan fingerprint density at radius 1 is 1.06 bits per heavy atom. The molecule has 0 saturated heterocycles. The molecule has 0 spiro atoms. The third-order valence-electron chi connectivity index (χ3n) is 2.90. The van der Waals surface area contributed by atoms with Crippen LogP contribution in [-0.4, -0.2) is 52.7 Å². The van der Waals surface area contributed by atoms with E-state index < -0.39 is 0 Å². The van der Waals surface area contributed by atoms with Gasteiger partial charge in [-0.2, -0.15) is 0 Å². The fourth-order valence-corrected chi connectivity index (χ4v) is 1.73. The summed E-state index contributed by atoms with van der Waals surface area (Å²) in [6, 6.07) is 0.756. The Hall–Kier alpha value is -0.160. The Morgan fingerprint density at radius 2 is 1.75 bits per heavy atom. The van der Waals surface area contributed by atoms with Gasteiger partial charge in [0, 0.05) is 19.7 Å². The lowest BCUT2D eigenvalue weighted by Crippen LogP contribution is -2.24. The fraction of sp³-hybridized carbons (Fsp3) is 1.00. The summed E-state index contributed by atoms with van der Waals surface area (Å²) in [7, 11) is 1.67. The lowest BCUT2D eigenvalue weighted by atomic mass is 10.3. The topological polar surface area (TPSA) is 39.7 Å². The van der Waals surface area contributed by atoms with Crippen molar-refractivity contribution in [2.45, 2.75) is 25.8 Å². The highest BCUT2D eigenvalue weighted by atomic mass is 16.5. The van der Waals surface area contributed by atoms with Crippen molar-refractivity contribution in [3.05, 3.63) is 0 Å². The third kappa shape index (κ3) is 6.43. The molecule has 1 fully saturated rings. The average Bonchev–Trinajstić information content (AvgIpc) is 3.05. The first-order chi connectivity index (χ1) is 7.88. The van der Waals surface area contributed by atoms with Gasteiger partial charge in [0.15, 0.2) is 0 Å². The van der Waals surface area contributed by atoms with Crippen molar-refractivity contribution in [2.75, 3.05) is 46.7 Å². The average molecular weight is 231 g/mol. The van der Waals surface area contributed by atoms with E-state index in [1.165, 1.54) is 12.8 Å². The molecule has 0 aromatic rings. The minimum atomic E-state index is 0.651. The zero-order valence-corrected chi connectivity index (χ0v) is 10.5. The molecule has 2 unspecified atom stereocenters. The maximum absolute atomic E-state index is 5.43. The van der Waals surface area contributed by atoms with Crippen LogP contribution in [0.3, 0.4) is 0 Å². The van der Waals surface area contributed by atoms with E-state index in [1.807, 2.05) is 0 Å². The predicted octanol–water partition coefficient (Wildman–Crippen LogP) is 1.05. The van der Waals surface area contributed by atoms with Crippen LogP contribution in [0.1, 0.15) is 19.8 Å². The Bertz CT molecular complexity index is 166. The normalized spacial score (nSPS) is 23.6. The van der Waals surface area contributed by atoms with Crippen molar-refractivity contribution < 1.29 is 14.2 Å². The van der Waals surface area contributed by atoms with Crippen LogP contribution in [0.2, 0.25) is 0 Å². The maximum atomic E-state index is 5.43. The quantitative estimate of drug-likeness (QED) is 0.540. The highest BCUT2D eigenvalue weighted by molar-refractivity contribution is 4.91. The molecule has 0 aromatic carbocycles. The second kappa shape index (κ2) is 8.93. The molecule has 0 aromatic heterocycles. The van der Waals surface area contributed by atoms with E-state index >= 15 is 0 Å². The number of hydrogen-bond acceptors (Lipinski definition) is 4. The van der Waals surface area contributed by atoms with Crippen LogP contribution in [0, 0.1) is 5.92 Å². The molecule has 2 atom stereocenters. The summed E-state index contributed by atoms with van der Waals surface area (Å²) < 4.78 is 15.6. The molecule has 0 heterocycles. The highest BCUT2D eigenvalue weighted by Crippen LogP contribution is 2.32. The Balaban J connectivity index is 1.69. The monoisotopic (exact) mass is 231 g/mol. The van der Waals surface area contributed by atoms with E-state index in [-0.39, 0.29) is 0 Å². The van der Waals surface area contributed by atoms with E-state index in [1.54, 1.807) is 7.11 Å². The molecule has 1 aliphatic rings. The molecule has 0 aliphatic heterocycles. The number of methoxy groups -OCH3 is 1. The van der Waals surface area contributed by atoms with Gasteiger partial charge in [0.25, 0.3) is 0 Å². The summed E-state index contributed by atoms with van der Waals surface area (Å²) in [5.41, 5.74) is 0. The molecular formula is C12H25NO3. The Kier molecular flexibility index (Phi) is 7.76. The minimum absolute atomic E-state index is 0.651. The number of nitrogens with one attached hydrogen (secondary N) is 1. The SMILES string of the molecule is CCC1CC1NCCOCCOCCOC. The molecule has 16 heavy (non-hydrogen) atoms. The smallest absolute Gasteiger partial charge is 0.0701 e. The first-order valence-electron chi connectivity index (χ1n) is 6.26. The van der Waals surface area contributed by atoms with E-state index in [9.17, 15) is 0 Å². The van der Waals surface area contributed by atoms with Crippen molar-refractivity contribution >= 4 is 0 Å². The molecule has 96 valence electrons. The van der Waals surface area contributed by atoms with Crippen molar-refractivity contribution in [1.29, 1.82) is 0 Å². The van der Waals surface area contributed by atoms with Gasteiger partial charge in [-0.25, -0.2) is 0 Å². The summed E-state index contributed by atoms with van der Waals surface area (Å²) in [5.74, 6) is 0.914. The van der Waals surface area contributed by atoms with Crippen molar-refractivity contribution in [2.24, 2.45) is 5.92 Å². The van der Waals surface area contributed by atoms with Crippen molar-refractivity contribution in [1.82, 2.24) is 5.32 Å². The molecule has 1 N–H and O–H groups in total. The molecule has 1 aliphatic carbocycles. The zero-order valence-electron chi connectivity index (χ0n) is 10.5. The third-order valence-corrected chi connectivity index (χ3v) is 2.90. The molecule has 1 rings (SSSR count). The number of ether oxygens (including phenoxy) is 3. The molecule has 0 radical (unpaired) electrons. The van der Waals surface area contributed by atoms with Gasteiger partial charge in [-0.15, -0.1) is 0 Å². The van der Waals surface area contributed by atoms with Gasteiger partial charge in [-0.3, -0.25) is 0 Å². The standard InChI is InChI=1S/C12H25NO3/c1-3-11-10-12(11)13-4-5-15-8-9-16-7-6-14-2/h11-13H,3-10H2,1-2H3. The second-order valence-electron chi connectivity index (χ2n) is 4.18. The number of hydrogen-bond donors (Lipinski definition) is 1. The van der Waals surface area contributed by atoms with E-state index in [4.69, 9.17) is 14.2 Å². The maximum Gasteiger partial charge on any atom is 0.0701 e. The van der Waals surface area contributed by atoms with Gasteiger partial charge in [0.1, 0.15) is 0 Å². The second-order valence-corrected chi connectivity index (χ2v) is 4.18. The lowest BCUT2D eigenvalue weighted by Gasteiger charge is -2.06. The zero-order chi connectivity index (χ0) is 11.6. The van der Waals surface area contributed by atoms with Crippen molar-refractivity contribution in [3.63, 3.8) is 0 Å². The van der Waals surface area contributed by atoms with Crippen LogP contribution >= 0.6 is 0 Å². The first-order valence-corrected chi connectivity index (χ1v) is 6.26. The van der Waals surface area contributed by atoms with Gasteiger partial charge in [-0.1, -0.05) is 13.3 Å². The lowest BCUT2D eigenvalue weighted by molar-refractivity contribution is 0.0255. The largest absolute Gasteiger partial charge is 0.382 e. The van der Waals surface area contributed by atoms with Crippen LogP contribution in [0.15, 0.2) is 0 Å². The summed E-state index contributed by atoms with van der Waals surface area (Å²) in [6.07, 6.45) is 2.64. The van der Waals surface area contributed by atoms with E-state index in [0.29, 0.717) is 26.4 Å². The van der Waals surface area contributed by atoms with Crippen molar-refractivity contribution in [3.8, 4) is 0 Å². The summed E-state index contributed by atoms with van der Waals surface area (Å²) in [5, 5.41) is 3.48. The van der Waals surface area contributed by atoms with Crippen LogP contribution in [0.4, 0.5) is 0 Å². The minimum Gasteiger partial charge on any atom is -0.382 e. The molecule has 4 heteroatoms. The molecule has 0 bridgehead atoms. The van der Waals surface area contributed by atoms with Gasteiger partial charge >= 0.3 is 0 Å². The van der Waals surface area contributed by atoms with E-state index in [0.717, 1.165) is 25.1 Å². The molecule has 0 amide bonds. The van der Waals surface area contributed by atoms with Crippen LogP contribution < -0.4 is 5.32 Å². The number of rotatable bonds is 11. The summed E-state index contributed by atoms with van der Waals surface area (Å²) in [4.78, 5) is 0. The molecule has 4 nitrogen and oxygen atoms in total. The Labute approximate surface area is 98.6 Å². The van der Waals surface area contributed by atoms with Gasteiger partial charge in [0.2, 0.25) is 0 Å². The van der Waals surface area contributed by atoms with Crippen LogP contribution in [0.5, 0.6) is 0 Å². The van der Waals surface area contributed by atoms with Gasteiger partial charge in [-0.05, 0) is 12.3 Å². The molecular weight excluding hydrogens is 206 g/mol.